The van der Waals surface area contributed by atoms with Gasteiger partial charge in [0.25, 0.3) is 0 Å². The van der Waals surface area contributed by atoms with E-state index in [2.05, 4.69) is 91.6 Å². The third-order valence-electron chi connectivity index (χ3n) is 4.74. The minimum absolute atomic E-state index is 0. The average Bonchev–Trinajstić information content (AvgIpc) is 2.78. The molecule has 0 saturated heterocycles. The molecule has 0 fully saturated rings. The molecule has 1 aliphatic carbocycles. The van der Waals surface area contributed by atoms with Crippen molar-refractivity contribution in [3.05, 3.63) is 41.5 Å². The van der Waals surface area contributed by atoms with Gasteiger partial charge in [-0.05, 0) is 0 Å². The van der Waals surface area contributed by atoms with Crippen molar-refractivity contribution < 1.29 is 22.4 Å². The van der Waals surface area contributed by atoms with E-state index in [1.54, 1.807) is 0 Å². The summed E-state index contributed by atoms with van der Waals surface area (Å²) in [6.07, 6.45) is 4.56. The molecular weight excluding hydrogens is 493 g/mol. The fourth-order valence-corrected chi connectivity index (χ4v) is 51.0. The van der Waals surface area contributed by atoms with Crippen molar-refractivity contribution in [2.75, 3.05) is 6.61 Å². The van der Waals surface area contributed by atoms with Crippen molar-refractivity contribution in [1.82, 2.24) is 3.26 Å². The molecule has 1 N–H and O–H groups in total. The largest absolute Gasteiger partial charge is 0.147 e. The van der Waals surface area contributed by atoms with Gasteiger partial charge < -0.3 is 0 Å². The molecule has 27 heavy (non-hydrogen) atoms. The first-order chi connectivity index (χ1) is 11.1. The van der Waals surface area contributed by atoms with E-state index in [-0.39, 0.29) is 34.0 Å². The molecule has 8 heteroatoms. The normalized spacial score (nSPS) is 19.3. The summed E-state index contributed by atoms with van der Waals surface area (Å²) in [7, 11) is -1.89. The second-order valence-corrected chi connectivity index (χ2v) is 44.0. The van der Waals surface area contributed by atoms with E-state index in [0.29, 0.717) is 6.61 Å². The van der Waals surface area contributed by atoms with Crippen LogP contribution in [0.2, 0.25) is 24.3 Å². The minimum atomic E-state index is -4.88. The summed E-state index contributed by atoms with van der Waals surface area (Å²) >= 11 is -4.88. The van der Waals surface area contributed by atoms with Crippen LogP contribution in [0.3, 0.4) is 0 Å². The molecule has 1 aromatic rings. The number of fused-ring (bicyclic) bond motifs is 1. The molecule has 0 aliphatic heterocycles. The van der Waals surface area contributed by atoms with Crippen molar-refractivity contribution in [2.24, 2.45) is 0 Å². The van der Waals surface area contributed by atoms with Crippen molar-refractivity contribution in [1.29, 1.82) is 0 Å². The minimum Gasteiger partial charge on any atom is -0.147 e. The molecule has 1 aliphatic rings. The zero-order valence-electron chi connectivity index (χ0n) is 18.1. The molecule has 0 amide bonds. The molecule has 0 spiro atoms. The molecule has 1 unspecified atom stereocenters. The van der Waals surface area contributed by atoms with Gasteiger partial charge in [0.2, 0.25) is 0 Å². The van der Waals surface area contributed by atoms with Gasteiger partial charge in [-0.2, -0.15) is 0 Å². The van der Waals surface area contributed by atoms with Gasteiger partial charge in [-0.1, -0.05) is 0 Å². The summed E-state index contributed by atoms with van der Waals surface area (Å²) in [6, 6.07) is 8.66. The van der Waals surface area contributed by atoms with Crippen LogP contribution in [0.15, 0.2) is 30.3 Å². The molecule has 0 radical (unpaired) electrons. The third-order valence-corrected chi connectivity index (χ3v) is 35.3. The number of rotatable bonds is 6. The predicted molar refractivity (Wildman–Crippen MR) is 126 cm³/mol. The maximum Gasteiger partial charge on any atom is -0.147 e. The van der Waals surface area contributed by atoms with Crippen molar-refractivity contribution in [3.63, 3.8) is 0 Å². The number of hydrogen-bond acceptors (Lipinski definition) is 3. The van der Waals surface area contributed by atoms with E-state index in [1.165, 1.54) is 11.1 Å². The first-order valence-electron chi connectivity index (χ1n) is 9.32. The van der Waals surface area contributed by atoms with Crippen molar-refractivity contribution in [2.45, 2.75) is 61.1 Å². The van der Waals surface area contributed by atoms with Gasteiger partial charge in [0, 0.05) is 0 Å². The van der Waals surface area contributed by atoms with E-state index >= 15 is 0 Å². The van der Waals surface area contributed by atoms with Crippen LogP contribution in [0, 0.1) is 0 Å². The first-order valence-corrected chi connectivity index (χ1v) is 25.8. The Morgan fingerprint density at radius 3 is 2.19 bits per heavy atom. The Morgan fingerprint density at radius 1 is 1.15 bits per heavy atom. The van der Waals surface area contributed by atoms with Gasteiger partial charge in [0.05, 0.1) is 0 Å². The van der Waals surface area contributed by atoms with E-state index < -0.39 is 25.4 Å². The van der Waals surface area contributed by atoms with Crippen molar-refractivity contribution in [3.8, 4) is 0 Å². The molecule has 0 saturated carbocycles. The monoisotopic (exact) mass is 528 g/mol. The van der Waals surface area contributed by atoms with Crippen LogP contribution >= 0.6 is 24.8 Å². The summed E-state index contributed by atoms with van der Waals surface area (Å²) in [6.45, 7) is 18.2. The van der Waals surface area contributed by atoms with Gasteiger partial charge >= 0.3 is 156 Å². The molecule has 0 aromatic heterocycles. The van der Waals surface area contributed by atoms with Gasteiger partial charge in [-0.15, -0.1) is 24.8 Å². The molecular formula is C19H38Cl2NO2Si2Zr. The maximum absolute atomic E-state index is 7.23. The summed E-state index contributed by atoms with van der Waals surface area (Å²) < 4.78 is 20.6. The third kappa shape index (κ3) is 5.88. The Labute approximate surface area is 179 Å². The van der Waals surface area contributed by atoms with Gasteiger partial charge in [0.15, 0.2) is 0 Å². The molecule has 0 heterocycles. The van der Waals surface area contributed by atoms with Crippen molar-refractivity contribution >= 4 is 46.1 Å². The fraction of sp³-hybridized carbons (Fsp3) is 0.579. The summed E-state index contributed by atoms with van der Waals surface area (Å²) in [5.74, 6) is 0. The Hall–Kier alpha value is 0.737. The van der Waals surface area contributed by atoms with E-state index in [4.69, 9.17) is 5.32 Å². The van der Waals surface area contributed by atoms with Crippen LogP contribution < -0.4 is 3.26 Å². The van der Waals surface area contributed by atoms with Crippen LogP contribution in [0.1, 0.15) is 42.4 Å². The zero-order valence-corrected chi connectivity index (χ0v) is 24.6. The molecule has 1 atom stereocenters. The summed E-state index contributed by atoms with van der Waals surface area (Å²) in [4.78, 5) is 0. The number of allylic oxidation sites excluding steroid dienone is 1. The van der Waals surface area contributed by atoms with Gasteiger partial charge in [0.1, 0.15) is 0 Å². The van der Waals surface area contributed by atoms with E-state index in [1.807, 2.05) is 6.88 Å². The van der Waals surface area contributed by atoms with Crippen LogP contribution in [-0.4, -0.2) is 27.3 Å². The zero-order chi connectivity index (χ0) is 19.2. The molecule has 3 nitrogen and oxygen atoms in total. The van der Waals surface area contributed by atoms with E-state index in [9.17, 15) is 0 Å². The Morgan fingerprint density at radius 2 is 1.70 bits per heavy atom. The van der Waals surface area contributed by atoms with E-state index in [0.717, 1.165) is 0 Å². The molecule has 2 rings (SSSR count). The van der Waals surface area contributed by atoms with Gasteiger partial charge in [-0.3, -0.25) is 0 Å². The van der Waals surface area contributed by atoms with Crippen LogP contribution in [0.5, 0.6) is 0 Å². The number of benzene rings is 1. The maximum atomic E-state index is 7.23. The smallest absolute Gasteiger partial charge is 0.147 e. The molecule has 0 bridgehead atoms. The average molecular weight is 531 g/mol. The SMILES string of the molecule is CC[O][Zr]([CH3])(=[SiH2])([NH]C(C)(C)C)([O][Si](C)(C)C)[CH]1C=Cc2ccccc21.Cl.Cl. The Balaban J connectivity index is 0.00000338. The van der Waals surface area contributed by atoms with Crippen LogP contribution in [0.4, 0.5) is 0 Å². The fourth-order valence-electron chi connectivity index (χ4n) is 4.93. The summed E-state index contributed by atoms with van der Waals surface area (Å²) in [5, 5.41) is 0. The summed E-state index contributed by atoms with van der Waals surface area (Å²) in [5.41, 5.74) is 2.52. The number of hydrogen-bond donors (Lipinski definition) is 1. The topological polar surface area (TPSA) is 30.5 Å². The Kier molecular flexibility index (Phi) is 8.33. The quantitative estimate of drug-likeness (QED) is 0.497. The second kappa shape index (κ2) is 8.11. The number of halogens is 2. The second-order valence-electron chi connectivity index (χ2n) is 10.1. The first kappa shape index (κ1) is 27.7. The van der Waals surface area contributed by atoms with Gasteiger partial charge in [-0.25, -0.2) is 0 Å². The number of nitrogens with one attached hydrogen (secondary N) is 1. The van der Waals surface area contributed by atoms with Crippen LogP contribution in [0.25, 0.3) is 6.08 Å². The molecule has 157 valence electrons. The standard InChI is InChI=1S/C9H7.C4H10N.C3H9OSi.C2H5O.CH3.2ClH.H2Si.Zr/c1-2-5-9-7-3-6-8(9)4-1;1-4(2,3)5;1-5(2,3)4;1-2-3;;;;;/h1-7H;5H,1-3H3;1-3H3;2H2,1H3;1H3;2*1H;1H2;/q;3*-1;;;;;+3. The predicted octanol–water partition coefficient (Wildman–Crippen LogP) is 5.44. The Bertz CT molecular complexity index is 778. The van der Waals surface area contributed by atoms with Crippen LogP contribution in [-0.2, 0) is 22.4 Å². The molecule has 1 aromatic carbocycles.